The quantitative estimate of drug-likeness (QED) is 0.351. The van der Waals surface area contributed by atoms with Crippen molar-refractivity contribution >= 4 is 5.97 Å². The summed E-state index contributed by atoms with van der Waals surface area (Å²) in [6.07, 6.45) is 0. The van der Waals surface area contributed by atoms with E-state index >= 15 is 0 Å². The van der Waals surface area contributed by atoms with Gasteiger partial charge < -0.3 is 15.3 Å². The zero-order valence-electron chi connectivity index (χ0n) is 6.85. The Morgan fingerprint density at radius 3 is 2.00 bits per heavy atom. The molecule has 0 aromatic rings. The van der Waals surface area contributed by atoms with E-state index in [1.165, 1.54) is 13.8 Å². The largest absolute Gasteiger partial charge is 0.479 e. The fourth-order valence-electron chi connectivity index (χ4n) is 0.648. The van der Waals surface area contributed by atoms with Crippen LogP contribution in [0.1, 0.15) is 13.8 Å². The molecule has 0 saturated heterocycles. The molecule has 0 aliphatic carbocycles. The van der Waals surface area contributed by atoms with Crippen LogP contribution in [-0.4, -0.2) is 33.1 Å². The summed E-state index contributed by atoms with van der Waals surface area (Å²) < 4.78 is 0. The first kappa shape index (κ1) is 11.0. The summed E-state index contributed by atoms with van der Waals surface area (Å²) in [7, 11) is 0. The lowest BCUT2D eigenvalue weighted by Gasteiger charge is -2.28. The molecule has 70 valence electrons. The number of hydrogen-bond acceptors (Lipinski definition) is 5. The summed E-state index contributed by atoms with van der Waals surface area (Å²) in [5, 5.41) is 29.4. The fourth-order valence-corrected chi connectivity index (χ4v) is 0.648. The van der Waals surface area contributed by atoms with E-state index in [2.05, 4.69) is 5.11 Å². The topological polar surface area (TPSA) is 114 Å². The van der Waals surface area contributed by atoms with E-state index in [1.54, 1.807) is 0 Å². The van der Waals surface area contributed by atoms with Crippen molar-refractivity contribution in [3.8, 4) is 0 Å². The van der Waals surface area contributed by atoms with Gasteiger partial charge in [-0.25, -0.2) is 10.3 Å². The second kappa shape index (κ2) is 3.59. The van der Waals surface area contributed by atoms with E-state index < -0.39 is 23.7 Å². The molecule has 0 bridgehead atoms. The third-order valence-electron chi connectivity index (χ3n) is 1.62. The van der Waals surface area contributed by atoms with Gasteiger partial charge in [-0.15, -0.1) is 0 Å². The molecule has 0 aromatic carbocycles. The highest BCUT2D eigenvalue weighted by molar-refractivity contribution is 5.74. The lowest BCUT2D eigenvalue weighted by atomic mass is 9.96. The zero-order chi connectivity index (χ0) is 9.94. The van der Waals surface area contributed by atoms with Gasteiger partial charge >= 0.3 is 5.97 Å². The molecule has 0 rings (SSSR count). The predicted octanol–water partition coefficient (Wildman–Crippen LogP) is -0.193. The minimum atomic E-state index is -2.46. The van der Waals surface area contributed by atoms with E-state index in [0.29, 0.717) is 0 Å². The summed E-state index contributed by atoms with van der Waals surface area (Å²) in [6.45, 7) is 2.86. The fraction of sp³-hybridized carbons (Fsp3) is 0.833. The molecule has 0 aromatic heterocycles. The van der Waals surface area contributed by atoms with E-state index in [4.69, 9.17) is 10.6 Å². The van der Waals surface area contributed by atoms with Gasteiger partial charge in [0.15, 0.2) is 0 Å². The van der Waals surface area contributed by atoms with Gasteiger partial charge in [0, 0.05) is 5.92 Å². The Morgan fingerprint density at radius 2 is 1.92 bits per heavy atom. The van der Waals surface area contributed by atoms with E-state index in [1.807, 2.05) is 0 Å². The smallest absolute Gasteiger partial charge is 0.336 e. The molecule has 1 atom stereocenters. The van der Waals surface area contributed by atoms with Crippen LogP contribution in [0.3, 0.4) is 0 Å². The monoisotopic (exact) mass is 176 g/mol. The Hall–Kier alpha value is -1.01. The normalized spacial score (nSPS) is 14.4. The highest BCUT2D eigenvalue weighted by Gasteiger charge is 2.43. The predicted molar refractivity (Wildman–Crippen MR) is 38.6 cm³/mol. The van der Waals surface area contributed by atoms with Crippen LogP contribution in [0.4, 0.5) is 0 Å². The van der Waals surface area contributed by atoms with Gasteiger partial charge in [-0.1, -0.05) is 13.8 Å². The minimum Gasteiger partial charge on any atom is -0.479 e. The second-order valence-electron chi connectivity index (χ2n) is 2.81. The van der Waals surface area contributed by atoms with Crippen LogP contribution in [0.2, 0.25) is 0 Å². The van der Waals surface area contributed by atoms with Crippen molar-refractivity contribution < 1.29 is 20.1 Å². The number of aliphatic carboxylic acids is 1. The van der Waals surface area contributed by atoms with Crippen LogP contribution < -0.4 is 0 Å². The van der Waals surface area contributed by atoms with Crippen molar-refractivity contribution in [1.29, 1.82) is 5.53 Å². The average molecular weight is 176 g/mol. The summed E-state index contributed by atoms with van der Waals surface area (Å²) in [4.78, 5) is 10.3. The third-order valence-corrected chi connectivity index (χ3v) is 1.62. The summed E-state index contributed by atoms with van der Waals surface area (Å²) in [5.41, 5.74) is 6.46. The van der Waals surface area contributed by atoms with Gasteiger partial charge in [0.1, 0.15) is 0 Å². The van der Waals surface area contributed by atoms with Gasteiger partial charge in [-0.3, -0.25) is 0 Å². The van der Waals surface area contributed by atoms with Crippen LogP contribution in [-0.2, 0) is 4.79 Å². The van der Waals surface area contributed by atoms with Gasteiger partial charge in [0.25, 0.3) is 0 Å². The van der Waals surface area contributed by atoms with Crippen LogP contribution in [0.15, 0.2) is 5.11 Å². The van der Waals surface area contributed by atoms with Crippen LogP contribution in [0.25, 0.3) is 0 Å². The SMILES string of the molecule is CC(C)C(O)(O)C(N=N)C(=O)O. The highest BCUT2D eigenvalue weighted by atomic mass is 16.5. The maximum Gasteiger partial charge on any atom is 0.336 e. The average Bonchev–Trinajstić information content (AvgIpc) is 1.86. The molecule has 0 spiro atoms. The molecule has 6 heteroatoms. The summed E-state index contributed by atoms with van der Waals surface area (Å²) in [5.74, 6) is -4.69. The summed E-state index contributed by atoms with van der Waals surface area (Å²) in [6, 6.07) is -1.82. The number of carboxylic acids is 1. The number of nitrogens with one attached hydrogen (secondary N) is 1. The Labute approximate surface area is 69.3 Å². The molecule has 0 radical (unpaired) electrons. The maximum atomic E-state index is 10.3. The first-order chi connectivity index (χ1) is 5.34. The molecule has 0 aliphatic heterocycles. The molecule has 0 amide bonds. The molecule has 0 aliphatic rings. The minimum absolute atomic E-state index is 0.701. The number of carbonyl (C=O) groups is 1. The lowest BCUT2D eigenvalue weighted by Crippen LogP contribution is -2.49. The van der Waals surface area contributed by atoms with E-state index in [-0.39, 0.29) is 0 Å². The van der Waals surface area contributed by atoms with Crippen molar-refractivity contribution in [3.63, 3.8) is 0 Å². The number of hydrogen-bond donors (Lipinski definition) is 4. The van der Waals surface area contributed by atoms with Gasteiger partial charge in [-0.2, -0.15) is 5.11 Å². The number of rotatable bonds is 4. The molecule has 6 nitrogen and oxygen atoms in total. The summed E-state index contributed by atoms with van der Waals surface area (Å²) >= 11 is 0. The van der Waals surface area contributed by atoms with E-state index in [9.17, 15) is 15.0 Å². The Balaban J connectivity index is 4.71. The van der Waals surface area contributed by atoms with Crippen molar-refractivity contribution in [2.24, 2.45) is 11.0 Å². The molecule has 0 saturated carbocycles. The standard InChI is InChI=1S/C6H12N2O4/c1-3(2)6(11,12)4(8-7)5(9)10/h3-4,7,11-12H,1-2H3,(H,9,10). The van der Waals surface area contributed by atoms with Crippen LogP contribution >= 0.6 is 0 Å². The first-order valence-corrected chi connectivity index (χ1v) is 3.38. The molecule has 12 heavy (non-hydrogen) atoms. The maximum absolute atomic E-state index is 10.3. The number of carboxylic acid groups (broad SMARTS) is 1. The molecule has 0 fully saturated rings. The van der Waals surface area contributed by atoms with Crippen LogP contribution in [0.5, 0.6) is 0 Å². The van der Waals surface area contributed by atoms with Gasteiger partial charge in [-0.05, 0) is 0 Å². The van der Waals surface area contributed by atoms with E-state index in [0.717, 1.165) is 0 Å². The highest BCUT2D eigenvalue weighted by Crippen LogP contribution is 2.20. The Kier molecular flexibility index (Phi) is 3.29. The first-order valence-electron chi connectivity index (χ1n) is 3.38. The van der Waals surface area contributed by atoms with Gasteiger partial charge in [0.05, 0.1) is 0 Å². The Morgan fingerprint density at radius 1 is 1.50 bits per heavy atom. The third kappa shape index (κ3) is 1.99. The number of nitrogens with zero attached hydrogens (tertiary/aromatic N) is 1. The second-order valence-corrected chi connectivity index (χ2v) is 2.81. The zero-order valence-corrected chi connectivity index (χ0v) is 6.85. The lowest BCUT2D eigenvalue weighted by molar-refractivity contribution is -0.213. The van der Waals surface area contributed by atoms with Crippen molar-refractivity contribution in [3.05, 3.63) is 0 Å². The Bertz CT molecular complexity index is 190. The van der Waals surface area contributed by atoms with Crippen molar-refractivity contribution in [2.75, 3.05) is 0 Å². The van der Waals surface area contributed by atoms with Crippen molar-refractivity contribution in [2.45, 2.75) is 25.7 Å². The molecular formula is C6H12N2O4. The van der Waals surface area contributed by atoms with Crippen LogP contribution in [0, 0.1) is 11.4 Å². The molecule has 0 heterocycles. The molecular weight excluding hydrogens is 164 g/mol. The molecule has 4 N–H and O–H groups in total. The molecule has 1 unspecified atom stereocenters. The van der Waals surface area contributed by atoms with Gasteiger partial charge in [0.2, 0.25) is 11.8 Å². The number of aliphatic hydroxyl groups is 2. The van der Waals surface area contributed by atoms with Crippen molar-refractivity contribution in [1.82, 2.24) is 0 Å².